The lowest BCUT2D eigenvalue weighted by atomic mass is 9.91. The fraction of sp³-hybridized carbons (Fsp3) is 0.533. The number of H-pyrrole nitrogens is 1. The predicted octanol–water partition coefficient (Wildman–Crippen LogP) is 3.38. The van der Waals surface area contributed by atoms with Crippen LogP contribution >= 0.6 is 0 Å². The summed E-state index contributed by atoms with van der Waals surface area (Å²) in [6.45, 7) is 8.14. The first-order valence-electron chi connectivity index (χ1n) is 14.7. The normalized spacial score (nSPS) is 23.0. The smallest absolute Gasteiger partial charge is 0.230 e. The van der Waals surface area contributed by atoms with Gasteiger partial charge in [0, 0.05) is 37.9 Å². The van der Waals surface area contributed by atoms with Crippen LogP contribution in [0.3, 0.4) is 0 Å². The molecule has 4 heterocycles. The van der Waals surface area contributed by atoms with Crippen LogP contribution in [0.25, 0.3) is 22.6 Å². The number of imidazole rings is 1. The Balaban J connectivity index is 1.16. The molecule has 11 nitrogen and oxygen atoms in total. The molecule has 3 N–H and O–H groups in total. The Morgan fingerprint density at radius 2 is 1.88 bits per heavy atom. The van der Waals surface area contributed by atoms with Crippen LogP contribution in [-0.2, 0) is 19.0 Å². The summed E-state index contributed by atoms with van der Waals surface area (Å²) in [4.78, 5) is 32.5. The van der Waals surface area contributed by atoms with E-state index >= 15 is 0 Å². The molecule has 12 heteroatoms. The molecule has 1 amide bonds. The molecule has 3 aliphatic rings. The van der Waals surface area contributed by atoms with Gasteiger partial charge in [-0.1, -0.05) is 0 Å². The number of hydrogen-bond donors (Lipinski definition) is 3. The zero-order valence-corrected chi connectivity index (χ0v) is 23.9. The molecule has 1 saturated carbocycles. The number of rotatable bonds is 11. The first-order chi connectivity index (χ1) is 20.5. The Morgan fingerprint density at radius 3 is 2.62 bits per heavy atom. The van der Waals surface area contributed by atoms with Crippen molar-refractivity contribution in [3.63, 3.8) is 0 Å². The number of benzene rings is 1. The second-order valence-electron chi connectivity index (χ2n) is 11.5. The molecule has 1 aliphatic carbocycles. The summed E-state index contributed by atoms with van der Waals surface area (Å²) >= 11 is 0. The van der Waals surface area contributed by atoms with Crippen molar-refractivity contribution in [2.75, 3.05) is 64.5 Å². The number of ether oxygens (including phenoxy) is 3. The minimum Gasteiger partial charge on any atom is -0.379 e. The molecular formula is C30H38FN7O4. The first kappa shape index (κ1) is 28.7. The van der Waals surface area contributed by atoms with Gasteiger partial charge < -0.3 is 29.8 Å². The van der Waals surface area contributed by atoms with Crippen LogP contribution in [0.2, 0.25) is 0 Å². The summed E-state index contributed by atoms with van der Waals surface area (Å²) in [6.07, 6.45) is 4.20. The molecule has 0 bridgehead atoms. The SMILES string of the molecule is CC1(C(=O)NCC2CC2)COC(c2nc(-c3ccc(F)cc3)c(-c3ccnc(NCCCN4CCOCC4)n3)[nH]2)OC1. The number of carbonyl (C=O) groups is 1. The van der Waals surface area contributed by atoms with Crippen molar-refractivity contribution in [2.24, 2.45) is 11.3 Å². The van der Waals surface area contributed by atoms with Crippen LogP contribution in [0, 0.1) is 17.2 Å². The number of anilines is 1. The Labute approximate surface area is 244 Å². The monoisotopic (exact) mass is 579 g/mol. The molecule has 0 radical (unpaired) electrons. The molecule has 2 saturated heterocycles. The summed E-state index contributed by atoms with van der Waals surface area (Å²) in [5.41, 5.74) is 1.78. The Morgan fingerprint density at radius 1 is 1.12 bits per heavy atom. The molecular weight excluding hydrogens is 541 g/mol. The van der Waals surface area contributed by atoms with Gasteiger partial charge in [0.15, 0.2) is 5.82 Å². The molecule has 224 valence electrons. The lowest BCUT2D eigenvalue weighted by molar-refractivity contribution is -0.231. The van der Waals surface area contributed by atoms with Gasteiger partial charge in [0.1, 0.15) is 5.82 Å². The lowest BCUT2D eigenvalue weighted by Crippen LogP contribution is -2.49. The zero-order valence-electron chi connectivity index (χ0n) is 23.9. The molecule has 1 aromatic carbocycles. The Bertz CT molecular complexity index is 1350. The first-order valence-corrected chi connectivity index (χ1v) is 14.7. The molecule has 0 spiro atoms. The van der Waals surface area contributed by atoms with E-state index in [-0.39, 0.29) is 24.9 Å². The third kappa shape index (κ3) is 6.95. The summed E-state index contributed by atoms with van der Waals surface area (Å²) in [7, 11) is 0. The highest BCUT2D eigenvalue weighted by atomic mass is 19.1. The molecule has 6 rings (SSSR count). The van der Waals surface area contributed by atoms with Gasteiger partial charge in [0.25, 0.3) is 0 Å². The number of hydrogen-bond acceptors (Lipinski definition) is 9. The molecule has 0 atom stereocenters. The van der Waals surface area contributed by atoms with Crippen molar-refractivity contribution in [3.05, 3.63) is 48.2 Å². The molecule has 3 aromatic rings. The quantitative estimate of drug-likeness (QED) is 0.293. The van der Waals surface area contributed by atoms with Crippen LogP contribution in [-0.4, -0.2) is 89.9 Å². The number of halogens is 1. The van der Waals surface area contributed by atoms with Crippen molar-refractivity contribution in [2.45, 2.75) is 32.5 Å². The predicted molar refractivity (Wildman–Crippen MR) is 154 cm³/mol. The van der Waals surface area contributed by atoms with Crippen molar-refractivity contribution >= 4 is 11.9 Å². The van der Waals surface area contributed by atoms with Gasteiger partial charge in [-0.2, -0.15) is 0 Å². The fourth-order valence-corrected chi connectivity index (χ4v) is 5.09. The van der Waals surface area contributed by atoms with E-state index in [2.05, 4.69) is 25.5 Å². The van der Waals surface area contributed by atoms with Crippen LogP contribution < -0.4 is 10.6 Å². The average Bonchev–Trinajstić information content (AvgIpc) is 3.75. The van der Waals surface area contributed by atoms with Crippen LogP contribution in [0.15, 0.2) is 36.5 Å². The third-order valence-corrected chi connectivity index (χ3v) is 7.92. The maximum Gasteiger partial charge on any atom is 0.230 e. The summed E-state index contributed by atoms with van der Waals surface area (Å²) in [5.74, 6) is 1.15. The van der Waals surface area contributed by atoms with E-state index in [0.29, 0.717) is 46.9 Å². The van der Waals surface area contributed by atoms with E-state index in [4.69, 9.17) is 24.2 Å². The van der Waals surface area contributed by atoms with Gasteiger partial charge in [0.2, 0.25) is 18.1 Å². The van der Waals surface area contributed by atoms with E-state index in [1.165, 1.54) is 25.0 Å². The topological polar surface area (TPSA) is 127 Å². The van der Waals surface area contributed by atoms with Gasteiger partial charge in [-0.05, 0) is 69.0 Å². The van der Waals surface area contributed by atoms with Gasteiger partial charge >= 0.3 is 0 Å². The molecule has 2 aromatic heterocycles. The number of nitrogens with one attached hydrogen (secondary N) is 3. The zero-order chi connectivity index (χ0) is 28.9. The Hall–Kier alpha value is -3.45. The van der Waals surface area contributed by atoms with Crippen molar-refractivity contribution in [3.8, 4) is 22.6 Å². The number of nitrogens with zero attached hydrogens (tertiary/aromatic N) is 4. The molecule has 2 aliphatic heterocycles. The van der Waals surface area contributed by atoms with E-state index in [1.807, 2.05) is 6.92 Å². The maximum atomic E-state index is 13.7. The highest BCUT2D eigenvalue weighted by Crippen LogP contribution is 2.36. The minimum absolute atomic E-state index is 0.0639. The van der Waals surface area contributed by atoms with E-state index in [0.717, 1.165) is 45.8 Å². The number of amides is 1. The fourth-order valence-electron chi connectivity index (χ4n) is 5.09. The molecule has 42 heavy (non-hydrogen) atoms. The van der Waals surface area contributed by atoms with Crippen molar-refractivity contribution in [1.82, 2.24) is 30.2 Å². The van der Waals surface area contributed by atoms with E-state index in [1.54, 1.807) is 24.4 Å². The highest BCUT2D eigenvalue weighted by Gasteiger charge is 2.41. The number of carbonyl (C=O) groups excluding carboxylic acids is 1. The van der Waals surface area contributed by atoms with Crippen LogP contribution in [0.1, 0.15) is 38.3 Å². The molecule has 3 fully saturated rings. The maximum absolute atomic E-state index is 13.7. The van der Waals surface area contributed by atoms with E-state index in [9.17, 15) is 9.18 Å². The number of aromatic nitrogens is 4. The minimum atomic E-state index is -0.790. The highest BCUT2D eigenvalue weighted by molar-refractivity contribution is 5.82. The van der Waals surface area contributed by atoms with Gasteiger partial charge in [0.05, 0.1) is 48.9 Å². The number of aromatic amines is 1. The second-order valence-corrected chi connectivity index (χ2v) is 11.5. The van der Waals surface area contributed by atoms with Crippen LogP contribution in [0.4, 0.5) is 10.3 Å². The van der Waals surface area contributed by atoms with E-state index < -0.39 is 11.7 Å². The summed E-state index contributed by atoms with van der Waals surface area (Å²) in [6, 6.07) is 7.94. The second kappa shape index (κ2) is 12.8. The van der Waals surface area contributed by atoms with Gasteiger partial charge in [-0.15, -0.1) is 0 Å². The standard InChI is InChI=1S/C30H38FN7O4/c1-30(28(39)34-17-20-3-4-20)18-41-27(42-19-30)26-36-24(21-5-7-22(31)8-6-21)25(37-26)23-9-11-33-29(35-23)32-10-2-12-38-13-15-40-16-14-38/h5-9,11,20,27H,2-4,10,12-19H2,1H3,(H,34,39)(H,36,37)(H,32,33,35). The van der Waals surface area contributed by atoms with Crippen molar-refractivity contribution in [1.29, 1.82) is 0 Å². The Kier molecular flexibility index (Phi) is 8.75. The third-order valence-electron chi connectivity index (χ3n) is 7.92. The average molecular weight is 580 g/mol. The van der Waals surface area contributed by atoms with Crippen LogP contribution in [0.5, 0.6) is 0 Å². The number of morpholine rings is 1. The summed E-state index contributed by atoms with van der Waals surface area (Å²) in [5, 5.41) is 6.35. The molecule has 0 unspecified atom stereocenters. The van der Waals surface area contributed by atoms with Crippen molar-refractivity contribution < 1.29 is 23.4 Å². The lowest BCUT2D eigenvalue weighted by Gasteiger charge is -2.35. The summed E-state index contributed by atoms with van der Waals surface area (Å²) < 4.78 is 31.2. The largest absolute Gasteiger partial charge is 0.379 e. The van der Waals surface area contributed by atoms with Gasteiger partial charge in [-0.25, -0.2) is 19.3 Å². The van der Waals surface area contributed by atoms with Gasteiger partial charge in [-0.3, -0.25) is 9.69 Å².